The molecular formula is C16H21N3O2. The van der Waals surface area contributed by atoms with Crippen LogP contribution in [0.2, 0.25) is 0 Å². The number of carboxylic acids is 1. The predicted octanol–water partition coefficient (Wildman–Crippen LogP) is 1.65. The van der Waals surface area contributed by atoms with Crippen molar-refractivity contribution in [2.45, 2.75) is 38.5 Å². The Balaban J connectivity index is 1.91. The van der Waals surface area contributed by atoms with Gasteiger partial charge in [-0.15, -0.1) is 0 Å². The number of aryl methyl sites for hydroxylation is 1. The maximum Gasteiger partial charge on any atom is 0.320 e. The van der Waals surface area contributed by atoms with Gasteiger partial charge in [0.2, 0.25) is 0 Å². The highest BCUT2D eigenvalue weighted by Crippen LogP contribution is 2.25. The van der Waals surface area contributed by atoms with E-state index in [9.17, 15) is 9.90 Å². The zero-order valence-corrected chi connectivity index (χ0v) is 12.2. The lowest BCUT2D eigenvalue weighted by Crippen LogP contribution is -2.35. The Bertz CT molecular complexity index is 665. The van der Waals surface area contributed by atoms with E-state index in [0.29, 0.717) is 19.5 Å². The van der Waals surface area contributed by atoms with E-state index >= 15 is 0 Å². The van der Waals surface area contributed by atoms with Gasteiger partial charge in [0, 0.05) is 42.8 Å². The zero-order valence-electron chi connectivity index (χ0n) is 12.2. The van der Waals surface area contributed by atoms with Crippen molar-refractivity contribution in [3.8, 4) is 0 Å². The third-order valence-corrected chi connectivity index (χ3v) is 4.34. The molecule has 3 N–H and O–H groups in total. The number of benzene rings is 1. The van der Waals surface area contributed by atoms with Crippen LogP contribution >= 0.6 is 0 Å². The average Bonchev–Trinajstić information content (AvgIpc) is 3.03. The summed E-state index contributed by atoms with van der Waals surface area (Å²) in [5, 5.41) is 10.5. The monoisotopic (exact) mass is 287 g/mol. The standard InChI is InChI=1S/C16H21N3O2/c1-2-18-7-6-13-11(4-3-5-14(13)18)9-19-10-12(17)8-15(19)16(20)21/h3-7,12,15H,2,8-10,17H2,1H3,(H,20,21)/t12-,15-/m0/s1. The summed E-state index contributed by atoms with van der Waals surface area (Å²) in [6.45, 7) is 4.32. The molecule has 1 fully saturated rings. The Labute approximate surface area is 124 Å². The molecule has 5 heteroatoms. The zero-order chi connectivity index (χ0) is 15.0. The van der Waals surface area contributed by atoms with Crippen molar-refractivity contribution in [2.24, 2.45) is 5.73 Å². The van der Waals surface area contributed by atoms with Crippen LogP contribution in [0.3, 0.4) is 0 Å². The average molecular weight is 287 g/mol. The quantitative estimate of drug-likeness (QED) is 0.897. The van der Waals surface area contributed by atoms with E-state index < -0.39 is 12.0 Å². The lowest BCUT2D eigenvalue weighted by molar-refractivity contribution is -0.142. The van der Waals surface area contributed by atoms with Crippen LogP contribution in [0.4, 0.5) is 0 Å². The molecule has 2 heterocycles. The van der Waals surface area contributed by atoms with Gasteiger partial charge in [-0.2, -0.15) is 0 Å². The largest absolute Gasteiger partial charge is 0.480 e. The molecule has 1 aliphatic rings. The Morgan fingerprint density at radius 1 is 1.43 bits per heavy atom. The third kappa shape index (κ3) is 2.54. The second-order valence-corrected chi connectivity index (χ2v) is 5.73. The first kappa shape index (κ1) is 14.1. The summed E-state index contributed by atoms with van der Waals surface area (Å²) in [6, 6.07) is 7.81. The predicted molar refractivity (Wildman–Crippen MR) is 82.0 cm³/mol. The van der Waals surface area contributed by atoms with Crippen LogP contribution in [-0.2, 0) is 17.9 Å². The van der Waals surface area contributed by atoms with Crippen molar-refractivity contribution in [3.05, 3.63) is 36.0 Å². The number of aliphatic carboxylic acids is 1. The van der Waals surface area contributed by atoms with Gasteiger partial charge in [-0.1, -0.05) is 12.1 Å². The number of carboxylic acid groups (broad SMARTS) is 1. The van der Waals surface area contributed by atoms with Gasteiger partial charge in [0.15, 0.2) is 0 Å². The highest BCUT2D eigenvalue weighted by Gasteiger charge is 2.35. The van der Waals surface area contributed by atoms with E-state index in [1.54, 1.807) is 0 Å². The summed E-state index contributed by atoms with van der Waals surface area (Å²) < 4.78 is 2.20. The lowest BCUT2D eigenvalue weighted by Gasteiger charge is -2.21. The number of nitrogens with zero attached hydrogens (tertiary/aromatic N) is 2. The number of fused-ring (bicyclic) bond motifs is 1. The Morgan fingerprint density at radius 2 is 2.24 bits per heavy atom. The minimum atomic E-state index is -0.777. The maximum atomic E-state index is 11.4. The Kier molecular flexibility index (Phi) is 3.69. The molecule has 1 aromatic carbocycles. The van der Waals surface area contributed by atoms with Gasteiger partial charge in [0.05, 0.1) is 0 Å². The molecule has 112 valence electrons. The number of hydrogen-bond donors (Lipinski definition) is 2. The van der Waals surface area contributed by atoms with Crippen molar-refractivity contribution in [1.82, 2.24) is 9.47 Å². The summed E-state index contributed by atoms with van der Waals surface area (Å²) in [7, 11) is 0. The third-order valence-electron chi connectivity index (χ3n) is 4.34. The van der Waals surface area contributed by atoms with Crippen LogP contribution in [0.5, 0.6) is 0 Å². The highest BCUT2D eigenvalue weighted by atomic mass is 16.4. The van der Waals surface area contributed by atoms with Gasteiger partial charge >= 0.3 is 5.97 Å². The molecule has 2 atom stereocenters. The van der Waals surface area contributed by atoms with Gasteiger partial charge < -0.3 is 15.4 Å². The molecule has 5 nitrogen and oxygen atoms in total. The molecule has 1 aromatic heterocycles. The highest BCUT2D eigenvalue weighted by molar-refractivity contribution is 5.83. The molecule has 0 unspecified atom stereocenters. The van der Waals surface area contributed by atoms with Crippen LogP contribution < -0.4 is 5.73 Å². The minimum absolute atomic E-state index is 0.0504. The van der Waals surface area contributed by atoms with E-state index in [1.807, 2.05) is 11.0 Å². The van der Waals surface area contributed by atoms with E-state index in [2.05, 4.69) is 35.9 Å². The van der Waals surface area contributed by atoms with Crippen molar-refractivity contribution in [2.75, 3.05) is 6.54 Å². The van der Waals surface area contributed by atoms with E-state index in [-0.39, 0.29) is 6.04 Å². The molecule has 0 aliphatic carbocycles. The Morgan fingerprint density at radius 3 is 2.95 bits per heavy atom. The fraction of sp³-hybridized carbons (Fsp3) is 0.438. The minimum Gasteiger partial charge on any atom is -0.480 e. The lowest BCUT2D eigenvalue weighted by atomic mass is 10.1. The van der Waals surface area contributed by atoms with Crippen molar-refractivity contribution in [3.63, 3.8) is 0 Å². The van der Waals surface area contributed by atoms with Crippen molar-refractivity contribution < 1.29 is 9.90 Å². The number of rotatable bonds is 4. The van der Waals surface area contributed by atoms with E-state index in [0.717, 1.165) is 6.54 Å². The molecule has 1 saturated heterocycles. The first-order valence-corrected chi connectivity index (χ1v) is 7.39. The van der Waals surface area contributed by atoms with Crippen LogP contribution in [0.25, 0.3) is 10.9 Å². The van der Waals surface area contributed by atoms with Crippen LogP contribution in [-0.4, -0.2) is 39.2 Å². The molecule has 1 aliphatic heterocycles. The smallest absolute Gasteiger partial charge is 0.320 e. The second kappa shape index (κ2) is 5.50. The molecular weight excluding hydrogens is 266 g/mol. The number of carbonyl (C=O) groups is 1. The molecule has 3 rings (SSSR count). The summed E-state index contributed by atoms with van der Waals surface area (Å²) in [6.07, 6.45) is 2.61. The normalized spacial score (nSPS) is 23.0. The van der Waals surface area contributed by atoms with Gasteiger partial charge in [-0.3, -0.25) is 9.69 Å². The first-order chi connectivity index (χ1) is 10.1. The van der Waals surface area contributed by atoms with E-state index in [1.165, 1.54) is 16.5 Å². The van der Waals surface area contributed by atoms with Crippen molar-refractivity contribution in [1.29, 1.82) is 0 Å². The summed E-state index contributed by atoms with van der Waals surface area (Å²) in [5.41, 5.74) is 8.30. The molecule has 2 aromatic rings. The van der Waals surface area contributed by atoms with E-state index in [4.69, 9.17) is 5.73 Å². The number of hydrogen-bond acceptors (Lipinski definition) is 3. The number of likely N-dealkylation sites (tertiary alicyclic amines) is 1. The summed E-state index contributed by atoms with van der Waals surface area (Å²) in [4.78, 5) is 13.3. The van der Waals surface area contributed by atoms with Crippen LogP contribution in [0, 0.1) is 0 Å². The molecule has 0 saturated carbocycles. The number of aromatic nitrogens is 1. The van der Waals surface area contributed by atoms with Crippen molar-refractivity contribution >= 4 is 16.9 Å². The Hall–Kier alpha value is -1.85. The molecule has 21 heavy (non-hydrogen) atoms. The maximum absolute atomic E-state index is 11.4. The molecule has 0 spiro atoms. The van der Waals surface area contributed by atoms with Gasteiger partial charge in [-0.05, 0) is 31.0 Å². The molecule has 0 amide bonds. The molecule has 0 bridgehead atoms. The van der Waals surface area contributed by atoms with Gasteiger partial charge in [0.1, 0.15) is 6.04 Å². The fourth-order valence-electron chi connectivity index (χ4n) is 3.29. The molecule has 0 radical (unpaired) electrons. The summed E-state index contributed by atoms with van der Waals surface area (Å²) in [5.74, 6) is -0.777. The summed E-state index contributed by atoms with van der Waals surface area (Å²) >= 11 is 0. The SMILES string of the molecule is CCn1ccc2c(CN3C[C@@H](N)C[C@H]3C(=O)O)cccc21. The van der Waals surface area contributed by atoms with Crippen LogP contribution in [0.15, 0.2) is 30.5 Å². The van der Waals surface area contributed by atoms with Crippen LogP contribution in [0.1, 0.15) is 18.9 Å². The second-order valence-electron chi connectivity index (χ2n) is 5.73. The number of nitrogens with two attached hydrogens (primary N) is 1. The first-order valence-electron chi connectivity index (χ1n) is 7.39. The topological polar surface area (TPSA) is 71.5 Å². The van der Waals surface area contributed by atoms with Gasteiger partial charge in [-0.25, -0.2) is 0 Å². The fourth-order valence-corrected chi connectivity index (χ4v) is 3.29. The van der Waals surface area contributed by atoms with Gasteiger partial charge in [0.25, 0.3) is 0 Å².